The summed E-state index contributed by atoms with van der Waals surface area (Å²) >= 11 is 0. The van der Waals surface area contributed by atoms with E-state index in [1.54, 1.807) is 100 Å². The minimum absolute atomic E-state index is 0.0890. The van der Waals surface area contributed by atoms with Crippen LogP contribution in [-0.2, 0) is 0 Å². The molecule has 5 fully saturated rings. The Kier molecular flexibility index (Phi) is 30.8. The molecule has 16 heterocycles. The first kappa shape index (κ1) is 98.3. The first-order valence-electron chi connectivity index (χ1n) is 47.5. The number of nitrogens with zero attached hydrogens (tertiary/aromatic N) is 16. The molecule has 5 aliphatic heterocycles. The largest absolute Gasteiger partial charge is 0.494 e. The van der Waals surface area contributed by atoms with Crippen LogP contribution in [0.2, 0.25) is 0 Å². The molecule has 0 amide bonds. The molecule has 11 aromatic heterocycles. The lowest BCUT2D eigenvalue weighted by atomic mass is 10.0. The molecule has 0 bridgehead atoms. The van der Waals surface area contributed by atoms with Gasteiger partial charge in [0, 0.05) is 149 Å². The molecule has 16 aromatic rings. The SMILES string of the molecule is COc1ccc(-c2cc(=O)n3cc(N(C)[C@@H]4CCN(C)C4)ccc3n2)cc1F.COc1ccc(-c2cc(=O)n3cc(N4CCCNCC4)cc(C)c3n2)cc1OC.COc1ccc(-c2cc(=O)n3cc(OC4CCNC4)ccc3n2)cc1OC.COc1ccc(-c2cc(=O)n3cc(OC4CCNCC4)ccc3n2)cc1OC.Cc1nc2ccc(-c3cc(=O)n4cc(N5CCC(N(C)C)CC5)ccc4n3)cc2o1. The van der Waals surface area contributed by atoms with Gasteiger partial charge in [-0.25, -0.2) is 34.3 Å². The van der Waals surface area contributed by atoms with Gasteiger partial charge in [-0.15, -0.1) is 0 Å². The highest BCUT2D eigenvalue weighted by Gasteiger charge is 2.28. The monoisotopic (exact) mass is 1930 g/mol. The third-order valence-electron chi connectivity index (χ3n) is 26.3. The summed E-state index contributed by atoms with van der Waals surface area (Å²) < 4.78 is 76.3. The molecule has 5 saturated heterocycles. The van der Waals surface area contributed by atoms with Crippen molar-refractivity contribution in [1.82, 2.24) is 77.7 Å². The molecule has 35 heteroatoms. The van der Waals surface area contributed by atoms with E-state index >= 15 is 0 Å². The Bertz CT molecular complexity index is 7570. The lowest BCUT2D eigenvalue weighted by Gasteiger charge is -2.36. The van der Waals surface area contributed by atoms with E-state index in [-0.39, 0.29) is 45.8 Å². The second kappa shape index (κ2) is 44.4. The second-order valence-corrected chi connectivity index (χ2v) is 35.8. The maximum absolute atomic E-state index is 14.0. The summed E-state index contributed by atoms with van der Waals surface area (Å²) in [4.78, 5) is 103. The quantitative estimate of drug-likeness (QED) is 0.0601. The van der Waals surface area contributed by atoms with Crippen molar-refractivity contribution in [1.29, 1.82) is 0 Å². The van der Waals surface area contributed by atoms with Crippen LogP contribution in [0.1, 0.15) is 56.4 Å². The summed E-state index contributed by atoms with van der Waals surface area (Å²) in [5.74, 6) is 5.32. The molecule has 3 N–H and O–H groups in total. The van der Waals surface area contributed by atoms with Crippen molar-refractivity contribution in [3.05, 3.63) is 276 Å². The predicted molar refractivity (Wildman–Crippen MR) is 549 cm³/mol. The van der Waals surface area contributed by atoms with Crippen molar-refractivity contribution >= 4 is 56.4 Å². The van der Waals surface area contributed by atoms with Crippen molar-refractivity contribution in [3.8, 4) is 108 Å². The van der Waals surface area contributed by atoms with Gasteiger partial charge in [0.25, 0.3) is 27.8 Å². The Morgan fingerprint density at radius 3 is 1.32 bits per heavy atom. The number of halogens is 1. The van der Waals surface area contributed by atoms with Gasteiger partial charge < -0.3 is 87.5 Å². The third-order valence-corrected chi connectivity index (χ3v) is 26.3. The number of aryl methyl sites for hydroxylation is 2. The van der Waals surface area contributed by atoms with E-state index in [0.717, 1.165) is 174 Å². The van der Waals surface area contributed by atoms with Crippen LogP contribution in [0.15, 0.2) is 235 Å². The van der Waals surface area contributed by atoms with Gasteiger partial charge in [0.1, 0.15) is 57.5 Å². The molecule has 5 aliphatic rings. The summed E-state index contributed by atoms with van der Waals surface area (Å²) in [6, 6.07) is 52.6. The Labute approximate surface area is 819 Å². The number of nitrogens with one attached hydrogen (secondary N) is 3. The van der Waals surface area contributed by atoms with Crippen molar-refractivity contribution in [2.24, 2.45) is 0 Å². The molecule has 0 aliphatic carbocycles. The minimum atomic E-state index is -0.486. The normalized spacial score (nSPS) is 15.7. The molecule has 0 saturated carbocycles. The van der Waals surface area contributed by atoms with Crippen molar-refractivity contribution in [3.63, 3.8) is 0 Å². The highest BCUT2D eigenvalue weighted by Crippen LogP contribution is 2.37. The fourth-order valence-corrected chi connectivity index (χ4v) is 18.4. The second-order valence-electron chi connectivity index (χ2n) is 35.8. The van der Waals surface area contributed by atoms with Gasteiger partial charge in [-0.2, -0.15) is 0 Å². The summed E-state index contributed by atoms with van der Waals surface area (Å²) in [5.41, 5.74) is 14.4. The molecule has 1 unspecified atom stereocenters. The Hall–Kier alpha value is -15.3. The van der Waals surface area contributed by atoms with Crippen LogP contribution in [0.4, 0.5) is 21.5 Å². The summed E-state index contributed by atoms with van der Waals surface area (Å²) in [5, 5.41) is 9.99. The Balaban J connectivity index is 0.000000122. The highest BCUT2D eigenvalue weighted by molar-refractivity contribution is 5.80. The molecule has 21 rings (SSSR count). The van der Waals surface area contributed by atoms with Gasteiger partial charge in [0.2, 0.25) is 0 Å². The number of benzene rings is 5. The van der Waals surface area contributed by atoms with Gasteiger partial charge in [-0.3, -0.25) is 46.0 Å². The number of rotatable bonds is 21. The van der Waals surface area contributed by atoms with Crippen LogP contribution in [0, 0.1) is 19.7 Å². The van der Waals surface area contributed by atoms with E-state index in [9.17, 15) is 28.4 Å². The smallest absolute Gasteiger partial charge is 0.258 e. The van der Waals surface area contributed by atoms with Crippen molar-refractivity contribution in [2.75, 3.05) is 171 Å². The van der Waals surface area contributed by atoms with Gasteiger partial charge in [-0.05, 0) is 251 Å². The summed E-state index contributed by atoms with van der Waals surface area (Å²) in [6.07, 6.45) is 16.7. The maximum atomic E-state index is 14.0. The highest BCUT2D eigenvalue weighted by atomic mass is 19.1. The topological polar surface area (TPSA) is 333 Å². The molecule has 34 nitrogen and oxygen atoms in total. The lowest BCUT2D eigenvalue weighted by molar-refractivity contribution is 0.161. The van der Waals surface area contributed by atoms with Crippen molar-refractivity contribution in [2.45, 2.75) is 83.1 Å². The number of aromatic nitrogens is 11. The maximum Gasteiger partial charge on any atom is 0.258 e. The molecular formula is C107H118FN19O15. The number of anilines is 3. The molecule has 5 aromatic carbocycles. The molecule has 0 radical (unpaired) electrons. The molecular weight excluding hydrogens is 1810 g/mol. The van der Waals surface area contributed by atoms with Crippen LogP contribution in [0.3, 0.4) is 0 Å². The van der Waals surface area contributed by atoms with E-state index in [1.807, 2.05) is 129 Å². The standard InChI is InChI=1S/C23H25N5O2.C22H26N4O3.C21H23FN4O2.C21H23N3O4.C20H21N3O4/c1-15-24-19-6-4-16(12-21(19)30-15)20-13-23(29)28-14-18(5-7-22(28)25-20)27-10-8-17(9-11-27)26(2)3;1-15-11-17(25-9-4-7-23-8-10-25)14-26-21(27)13-18(24-22(15)26)16-5-6-19(28-2)20(12-16)29-3;1-24-9-8-16(12-24)25(2)15-5-7-20-23-18(11-21(27)26(20)13-15)14-4-6-19(28-3)17(22)10-14;1-26-18-5-3-14(11-19(18)27-2)17-12-21(25)24-13-16(4-6-20(24)23-17)28-15-7-9-22-10-8-15;1-25-17-5-3-13(9-18(17)26-2)16-10-20(24)23-12-15(4-6-19(23)22-16)27-14-7-8-21-11-14/h4-7,12-14,17H,8-11H2,1-3H3;5-6,11-14,23H,4,7-10H2,1-3H3;4-7,10-11,13,16H,8-9,12H2,1-3H3;3-6,11-13,15,22H,7-10H2,1-2H3;3-6,9-10,12,14,21H,7-8,11H2,1-2H3/t;;16-;;/m..1../s1. The number of pyridine rings is 5. The van der Waals surface area contributed by atoms with Crippen molar-refractivity contribution < 1.29 is 51.4 Å². The van der Waals surface area contributed by atoms with Crippen LogP contribution in [-0.4, -0.2) is 242 Å². The van der Waals surface area contributed by atoms with E-state index in [2.05, 4.69) is 101 Å². The van der Waals surface area contributed by atoms with Crippen LogP contribution in [0.25, 0.3) is 95.6 Å². The number of ether oxygens (including phenoxy) is 9. The van der Waals surface area contributed by atoms with Crippen LogP contribution >= 0.6 is 0 Å². The molecule has 142 heavy (non-hydrogen) atoms. The number of likely N-dealkylation sites (N-methyl/N-ethyl adjacent to an activating group) is 2. The fourth-order valence-electron chi connectivity index (χ4n) is 18.4. The van der Waals surface area contributed by atoms with Gasteiger partial charge >= 0.3 is 0 Å². The first-order valence-corrected chi connectivity index (χ1v) is 47.5. The zero-order chi connectivity index (χ0) is 99.4. The summed E-state index contributed by atoms with van der Waals surface area (Å²) in [7, 11) is 19.4. The number of fused-ring (bicyclic) bond motifs is 6. The van der Waals surface area contributed by atoms with E-state index in [1.165, 1.54) is 50.6 Å². The fraction of sp³-hybridized carbons (Fsp3) is 0.336. The predicted octanol–water partition coefficient (Wildman–Crippen LogP) is 13.1. The number of piperidine rings is 2. The average Bonchev–Trinajstić information content (AvgIpc) is 1.30. The zero-order valence-electron chi connectivity index (χ0n) is 82.0. The van der Waals surface area contributed by atoms with E-state index < -0.39 is 5.82 Å². The Morgan fingerprint density at radius 2 is 0.817 bits per heavy atom. The number of likely N-dealkylation sites (tertiary alicyclic amines) is 1. The molecule has 738 valence electrons. The van der Waals surface area contributed by atoms with E-state index in [4.69, 9.17) is 57.0 Å². The molecule has 2 atom stereocenters. The first-order chi connectivity index (χ1) is 68.9. The number of hydrogen-bond donors (Lipinski definition) is 3. The minimum Gasteiger partial charge on any atom is -0.494 e. The number of methoxy groups -OCH3 is 7. The Morgan fingerprint density at radius 1 is 0.380 bits per heavy atom. The van der Waals surface area contributed by atoms with Gasteiger partial charge in [-0.1, -0.05) is 6.07 Å². The third kappa shape index (κ3) is 22.6. The number of hydrogen-bond acceptors (Lipinski definition) is 29. The van der Waals surface area contributed by atoms with Gasteiger partial charge in [0.15, 0.2) is 57.5 Å². The van der Waals surface area contributed by atoms with Crippen LogP contribution < -0.4 is 101 Å². The zero-order valence-corrected chi connectivity index (χ0v) is 82.0. The van der Waals surface area contributed by atoms with E-state index in [0.29, 0.717) is 132 Å². The molecule has 0 spiro atoms. The average molecular weight is 1930 g/mol. The lowest BCUT2D eigenvalue weighted by Crippen LogP contribution is -2.42. The van der Waals surface area contributed by atoms with Gasteiger partial charge in [0.05, 0.1) is 108 Å². The van der Waals surface area contributed by atoms with Crippen LogP contribution in [0.5, 0.6) is 51.7 Å². The number of oxazole rings is 1. The summed E-state index contributed by atoms with van der Waals surface area (Å²) in [6.45, 7) is 15.4.